The number of aromatic nitrogens is 3. The Bertz CT molecular complexity index is 1170. The zero-order valence-electron chi connectivity index (χ0n) is 15.7. The molecule has 0 fully saturated rings. The van der Waals surface area contributed by atoms with Gasteiger partial charge < -0.3 is 9.32 Å². The Labute approximate surface area is 183 Å². The van der Waals surface area contributed by atoms with E-state index in [0.717, 1.165) is 21.7 Å². The van der Waals surface area contributed by atoms with E-state index >= 15 is 0 Å². The zero-order valence-corrected chi connectivity index (χ0v) is 17.3. The van der Waals surface area contributed by atoms with Gasteiger partial charge in [-0.3, -0.25) is 4.79 Å². The van der Waals surface area contributed by atoms with Gasteiger partial charge in [0.15, 0.2) is 5.82 Å². The third-order valence-corrected chi connectivity index (χ3v) is 5.60. The molecule has 6 nitrogen and oxygen atoms in total. The number of thiophene rings is 1. The third-order valence-electron chi connectivity index (χ3n) is 4.39. The Kier molecular flexibility index (Phi) is 5.84. The summed E-state index contributed by atoms with van der Waals surface area (Å²) in [4.78, 5) is 19.4. The smallest absolute Gasteiger partial charge is 0.417 e. The summed E-state index contributed by atoms with van der Waals surface area (Å²) in [5.41, 5.74) is -1.24. The van der Waals surface area contributed by atoms with Crippen LogP contribution >= 0.6 is 22.9 Å². The number of anilines is 1. The summed E-state index contributed by atoms with van der Waals surface area (Å²) in [7, 11) is 0. The molecule has 4 aromatic heterocycles. The van der Waals surface area contributed by atoms with Crippen molar-refractivity contribution < 1.29 is 17.6 Å². The van der Waals surface area contributed by atoms with Crippen molar-refractivity contribution in [2.45, 2.75) is 19.3 Å². The maximum Gasteiger partial charge on any atom is 0.417 e. The van der Waals surface area contributed by atoms with E-state index in [9.17, 15) is 18.0 Å². The topological polar surface area (TPSA) is 64.2 Å². The van der Waals surface area contributed by atoms with Gasteiger partial charge in [-0.1, -0.05) is 17.7 Å². The predicted molar refractivity (Wildman–Crippen MR) is 111 cm³/mol. The van der Waals surface area contributed by atoms with Crippen molar-refractivity contribution in [3.8, 4) is 5.82 Å². The number of alkyl halides is 3. The highest BCUT2D eigenvalue weighted by Crippen LogP contribution is 2.29. The first-order valence-electron chi connectivity index (χ1n) is 8.94. The highest BCUT2D eigenvalue weighted by molar-refractivity contribution is 7.09. The van der Waals surface area contributed by atoms with Crippen LogP contribution in [0.2, 0.25) is 5.02 Å². The number of nitrogens with zero attached hydrogens (tertiary/aromatic N) is 4. The van der Waals surface area contributed by atoms with Gasteiger partial charge in [-0.25, -0.2) is 4.98 Å². The summed E-state index contributed by atoms with van der Waals surface area (Å²) < 4.78 is 44.6. The monoisotopic (exact) mass is 466 g/mol. The van der Waals surface area contributed by atoms with Gasteiger partial charge in [-0.05, 0) is 35.7 Å². The van der Waals surface area contributed by atoms with E-state index in [0.29, 0.717) is 30.7 Å². The molecule has 4 heterocycles. The standard InChI is InChI=1S/C20H14ClF3N4O2S/c21-18-16(27(11-14-3-1-7-30-14)12-15-4-2-8-31-15)10-26-28(19(18)29)17-6-5-13(9-25-17)20(22,23)24/h1-10H,11-12H2. The van der Waals surface area contributed by atoms with Crippen LogP contribution in [-0.4, -0.2) is 14.8 Å². The third kappa shape index (κ3) is 4.64. The highest BCUT2D eigenvalue weighted by atomic mass is 35.5. The van der Waals surface area contributed by atoms with Crippen LogP contribution in [0.4, 0.5) is 18.9 Å². The zero-order chi connectivity index (χ0) is 22.0. The lowest BCUT2D eigenvalue weighted by Gasteiger charge is -2.24. The van der Waals surface area contributed by atoms with Gasteiger partial charge in [0, 0.05) is 11.1 Å². The molecule has 0 aromatic carbocycles. The molecule has 0 atom stereocenters. The first kappa shape index (κ1) is 21.1. The molecular weight excluding hydrogens is 453 g/mol. The molecule has 0 aliphatic carbocycles. The molecule has 0 bridgehead atoms. The molecule has 0 unspecified atom stereocenters. The second-order valence-corrected chi connectivity index (χ2v) is 7.89. The molecule has 11 heteroatoms. The predicted octanol–water partition coefficient (Wildman–Crippen LogP) is 5.16. The first-order chi connectivity index (χ1) is 14.8. The van der Waals surface area contributed by atoms with Crippen molar-refractivity contribution in [3.63, 3.8) is 0 Å². The van der Waals surface area contributed by atoms with Crippen molar-refractivity contribution in [1.29, 1.82) is 0 Å². The van der Waals surface area contributed by atoms with Gasteiger partial charge in [0.2, 0.25) is 0 Å². The summed E-state index contributed by atoms with van der Waals surface area (Å²) in [5.74, 6) is 0.600. The Morgan fingerprint density at radius 1 is 1.13 bits per heavy atom. The quantitative estimate of drug-likeness (QED) is 0.392. The highest BCUT2D eigenvalue weighted by Gasteiger charge is 2.31. The van der Waals surface area contributed by atoms with Crippen LogP contribution in [0.5, 0.6) is 0 Å². The molecule has 4 rings (SSSR count). The van der Waals surface area contributed by atoms with Gasteiger partial charge in [0.05, 0.1) is 36.8 Å². The van der Waals surface area contributed by atoms with Gasteiger partial charge >= 0.3 is 6.18 Å². The van der Waals surface area contributed by atoms with E-state index in [2.05, 4.69) is 10.1 Å². The summed E-state index contributed by atoms with van der Waals surface area (Å²) in [6.07, 6.45) is -0.947. The van der Waals surface area contributed by atoms with Crippen molar-refractivity contribution >= 4 is 28.6 Å². The molecule has 0 saturated carbocycles. The van der Waals surface area contributed by atoms with Crippen LogP contribution in [0.3, 0.4) is 0 Å². The number of pyridine rings is 1. The maximum atomic E-state index is 12.8. The van der Waals surface area contributed by atoms with Crippen LogP contribution in [0.15, 0.2) is 69.6 Å². The van der Waals surface area contributed by atoms with Crippen LogP contribution in [0, 0.1) is 0 Å². The normalized spacial score (nSPS) is 11.6. The Balaban J connectivity index is 1.69. The maximum absolute atomic E-state index is 12.8. The van der Waals surface area contributed by atoms with Crippen LogP contribution in [0.1, 0.15) is 16.2 Å². The summed E-state index contributed by atoms with van der Waals surface area (Å²) in [6, 6.07) is 9.33. The SMILES string of the molecule is O=c1c(Cl)c(N(Cc2ccco2)Cc2cccs2)cnn1-c1ccc(C(F)(F)F)cn1. The van der Waals surface area contributed by atoms with E-state index in [1.807, 2.05) is 22.4 Å². The van der Waals surface area contributed by atoms with E-state index in [1.54, 1.807) is 29.7 Å². The summed E-state index contributed by atoms with van der Waals surface area (Å²) >= 11 is 7.93. The average Bonchev–Trinajstić information content (AvgIpc) is 3.43. The van der Waals surface area contributed by atoms with Crippen molar-refractivity contribution in [2.24, 2.45) is 0 Å². The number of halogens is 4. The Morgan fingerprint density at radius 2 is 1.97 bits per heavy atom. The van der Waals surface area contributed by atoms with E-state index in [-0.39, 0.29) is 10.8 Å². The molecule has 0 aliphatic rings. The number of rotatable bonds is 6. The lowest BCUT2D eigenvalue weighted by atomic mass is 10.3. The second kappa shape index (κ2) is 8.56. The minimum Gasteiger partial charge on any atom is -0.467 e. The molecule has 160 valence electrons. The number of hydrogen-bond acceptors (Lipinski definition) is 6. The fourth-order valence-electron chi connectivity index (χ4n) is 2.89. The number of furan rings is 1. The van der Waals surface area contributed by atoms with Crippen LogP contribution in [-0.2, 0) is 19.3 Å². The van der Waals surface area contributed by atoms with E-state index in [4.69, 9.17) is 16.0 Å². The molecule has 0 amide bonds. The van der Waals surface area contributed by atoms with Crippen LogP contribution in [0.25, 0.3) is 5.82 Å². The Hall–Kier alpha value is -3.11. The van der Waals surface area contributed by atoms with Crippen molar-refractivity contribution in [1.82, 2.24) is 14.8 Å². The summed E-state index contributed by atoms with van der Waals surface area (Å²) in [6.45, 7) is 0.802. The fraction of sp³-hybridized carbons (Fsp3) is 0.150. The number of hydrogen-bond donors (Lipinski definition) is 0. The van der Waals surface area contributed by atoms with Crippen LogP contribution < -0.4 is 10.5 Å². The molecule has 0 radical (unpaired) electrons. The molecule has 0 saturated heterocycles. The van der Waals surface area contributed by atoms with Crippen molar-refractivity contribution in [2.75, 3.05) is 4.90 Å². The van der Waals surface area contributed by atoms with Gasteiger partial charge in [-0.2, -0.15) is 23.0 Å². The largest absolute Gasteiger partial charge is 0.467 e. The van der Waals surface area contributed by atoms with E-state index < -0.39 is 17.3 Å². The summed E-state index contributed by atoms with van der Waals surface area (Å²) in [5, 5.41) is 5.90. The molecular formula is C20H14ClF3N4O2S. The minimum atomic E-state index is -4.53. The van der Waals surface area contributed by atoms with E-state index in [1.165, 1.54) is 6.20 Å². The van der Waals surface area contributed by atoms with Gasteiger partial charge in [0.25, 0.3) is 5.56 Å². The van der Waals surface area contributed by atoms with Gasteiger partial charge in [-0.15, -0.1) is 11.3 Å². The average molecular weight is 467 g/mol. The lowest BCUT2D eigenvalue weighted by Crippen LogP contribution is -2.28. The fourth-order valence-corrected chi connectivity index (χ4v) is 3.86. The van der Waals surface area contributed by atoms with Crippen molar-refractivity contribution in [3.05, 3.63) is 92.0 Å². The second-order valence-electron chi connectivity index (χ2n) is 6.48. The first-order valence-corrected chi connectivity index (χ1v) is 10.2. The molecule has 0 spiro atoms. The van der Waals surface area contributed by atoms with Gasteiger partial charge in [0.1, 0.15) is 10.8 Å². The Morgan fingerprint density at radius 3 is 2.58 bits per heavy atom. The molecule has 31 heavy (non-hydrogen) atoms. The molecule has 0 aliphatic heterocycles. The minimum absolute atomic E-state index is 0.0673. The lowest BCUT2D eigenvalue weighted by molar-refractivity contribution is -0.137. The molecule has 0 N–H and O–H groups in total. The molecule has 4 aromatic rings.